The molecule has 94 valence electrons. The van der Waals surface area contributed by atoms with E-state index in [1.807, 2.05) is 38.1 Å². The van der Waals surface area contributed by atoms with Crippen molar-refractivity contribution < 1.29 is 9.21 Å². The zero-order valence-electron chi connectivity index (χ0n) is 10.4. The third kappa shape index (κ3) is 2.60. The molecule has 0 spiro atoms. The molecule has 0 saturated carbocycles. The minimum atomic E-state index is -0.251. The Bertz CT molecular complexity index is 558. The number of carbonyl (C=O) groups is 1. The summed E-state index contributed by atoms with van der Waals surface area (Å²) < 4.78 is 5.14. The second kappa shape index (κ2) is 5.06. The second-order valence-electron chi connectivity index (χ2n) is 4.30. The lowest BCUT2D eigenvalue weighted by Crippen LogP contribution is -2.13. The molecular weight excluding hydrogens is 228 g/mol. The molecule has 1 heterocycles. The van der Waals surface area contributed by atoms with E-state index in [9.17, 15) is 4.79 Å². The number of carbonyl (C=O) groups excluding carboxylic acids is 1. The molecule has 0 aliphatic heterocycles. The summed E-state index contributed by atoms with van der Waals surface area (Å²) in [7, 11) is 0. The molecule has 2 aromatic rings. The molecule has 18 heavy (non-hydrogen) atoms. The highest BCUT2D eigenvalue weighted by atomic mass is 16.3. The first kappa shape index (κ1) is 12.4. The van der Waals surface area contributed by atoms with Gasteiger partial charge in [-0.05, 0) is 37.6 Å². The van der Waals surface area contributed by atoms with E-state index in [0.717, 1.165) is 11.1 Å². The van der Waals surface area contributed by atoms with E-state index in [4.69, 9.17) is 10.2 Å². The lowest BCUT2D eigenvalue weighted by molar-refractivity contribution is 0.0996. The number of aryl methyl sites for hydroxylation is 1. The summed E-state index contributed by atoms with van der Waals surface area (Å²) in [4.78, 5) is 11.9. The lowest BCUT2D eigenvalue weighted by Gasteiger charge is -2.09. The maximum absolute atomic E-state index is 11.9. The molecule has 1 aromatic heterocycles. The summed E-state index contributed by atoms with van der Waals surface area (Å²) in [6.45, 7) is 3.73. The predicted octanol–water partition coefficient (Wildman–Crippen LogP) is 2.86. The first-order valence-electron chi connectivity index (χ1n) is 5.79. The van der Waals surface area contributed by atoms with Crippen LogP contribution in [0.15, 0.2) is 41.0 Å². The molecule has 1 aromatic carbocycles. The Morgan fingerprint density at radius 2 is 2.17 bits per heavy atom. The molecule has 1 atom stereocenters. The van der Waals surface area contributed by atoms with Gasteiger partial charge in [0.05, 0.1) is 6.26 Å². The van der Waals surface area contributed by atoms with Crippen LogP contribution in [0.25, 0.3) is 0 Å². The van der Waals surface area contributed by atoms with Crippen molar-refractivity contribution >= 4 is 11.6 Å². The number of rotatable bonds is 3. The molecule has 3 N–H and O–H groups in total. The normalized spacial score (nSPS) is 12.2. The molecule has 4 heteroatoms. The molecular formula is C14H16N2O2. The molecule has 1 unspecified atom stereocenters. The summed E-state index contributed by atoms with van der Waals surface area (Å²) >= 11 is 0. The van der Waals surface area contributed by atoms with E-state index >= 15 is 0 Å². The summed E-state index contributed by atoms with van der Waals surface area (Å²) in [6.07, 6.45) is 1.50. The predicted molar refractivity (Wildman–Crippen MR) is 70.4 cm³/mol. The van der Waals surface area contributed by atoms with Gasteiger partial charge in [-0.2, -0.15) is 0 Å². The quantitative estimate of drug-likeness (QED) is 0.872. The van der Waals surface area contributed by atoms with Crippen molar-refractivity contribution in [2.75, 3.05) is 5.32 Å². The van der Waals surface area contributed by atoms with Crippen LogP contribution in [-0.2, 0) is 0 Å². The summed E-state index contributed by atoms with van der Waals surface area (Å²) in [5, 5.41) is 2.79. The van der Waals surface area contributed by atoms with Crippen LogP contribution >= 0.6 is 0 Å². The van der Waals surface area contributed by atoms with E-state index in [-0.39, 0.29) is 11.9 Å². The molecule has 1 amide bonds. The summed E-state index contributed by atoms with van der Waals surface area (Å²) in [6, 6.07) is 9.17. The highest BCUT2D eigenvalue weighted by Gasteiger charge is 2.12. The van der Waals surface area contributed by atoms with Gasteiger partial charge in [-0.25, -0.2) is 0 Å². The van der Waals surface area contributed by atoms with Crippen molar-refractivity contribution in [2.24, 2.45) is 5.73 Å². The summed E-state index contributed by atoms with van der Waals surface area (Å²) in [5.41, 5.74) is 8.31. The van der Waals surface area contributed by atoms with E-state index in [1.165, 1.54) is 6.26 Å². The van der Waals surface area contributed by atoms with Gasteiger partial charge in [-0.3, -0.25) is 4.79 Å². The minimum absolute atomic E-state index is 0.0628. The Labute approximate surface area is 106 Å². The van der Waals surface area contributed by atoms with Crippen LogP contribution in [0.1, 0.15) is 34.6 Å². The molecule has 0 aliphatic rings. The van der Waals surface area contributed by atoms with Gasteiger partial charge in [0.1, 0.15) is 0 Å². The number of anilines is 1. The van der Waals surface area contributed by atoms with Gasteiger partial charge in [-0.1, -0.05) is 12.1 Å². The number of nitrogens with two attached hydrogens (primary N) is 1. The van der Waals surface area contributed by atoms with Gasteiger partial charge in [-0.15, -0.1) is 0 Å². The third-order valence-electron chi connectivity index (χ3n) is 2.74. The third-order valence-corrected chi connectivity index (χ3v) is 2.74. The van der Waals surface area contributed by atoms with E-state index < -0.39 is 0 Å². The Kier molecular flexibility index (Phi) is 3.48. The zero-order valence-corrected chi connectivity index (χ0v) is 10.4. The van der Waals surface area contributed by atoms with Crippen molar-refractivity contribution in [3.63, 3.8) is 0 Å². The van der Waals surface area contributed by atoms with E-state index in [2.05, 4.69) is 5.32 Å². The maximum atomic E-state index is 11.9. The lowest BCUT2D eigenvalue weighted by atomic mass is 10.1. The van der Waals surface area contributed by atoms with Crippen LogP contribution < -0.4 is 11.1 Å². The van der Waals surface area contributed by atoms with E-state index in [1.54, 1.807) is 6.07 Å². The molecule has 0 bridgehead atoms. The molecule has 4 nitrogen and oxygen atoms in total. The Hall–Kier alpha value is -2.07. The molecule has 0 saturated heterocycles. The van der Waals surface area contributed by atoms with Crippen molar-refractivity contribution in [3.8, 4) is 0 Å². The molecule has 0 aliphatic carbocycles. The van der Waals surface area contributed by atoms with Gasteiger partial charge in [0.15, 0.2) is 5.76 Å². The van der Waals surface area contributed by atoms with Crippen LogP contribution in [0.5, 0.6) is 0 Å². The zero-order chi connectivity index (χ0) is 13.1. The SMILES string of the molecule is Cc1ccoc1C(=O)Nc1cccc(C(C)N)c1. The highest BCUT2D eigenvalue weighted by Crippen LogP contribution is 2.17. The summed E-state index contributed by atoms with van der Waals surface area (Å²) in [5.74, 6) is 0.0838. The van der Waals surface area contributed by atoms with Gasteiger partial charge in [0, 0.05) is 17.3 Å². The average Bonchev–Trinajstić information content (AvgIpc) is 2.76. The van der Waals surface area contributed by atoms with Crippen molar-refractivity contribution in [3.05, 3.63) is 53.5 Å². The standard InChI is InChI=1S/C14H16N2O2/c1-9-6-7-18-13(9)14(17)16-12-5-3-4-11(8-12)10(2)15/h3-8,10H,15H2,1-2H3,(H,16,17). The fraction of sp³-hybridized carbons (Fsp3) is 0.214. The topological polar surface area (TPSA) is 68.3 Å². The van der Waals surface area contributed by atoms with Crippen molar-refractivity contribution in [1.82, 2.24) is 0 Å². The fourth-order valence-electron chi connectivity index (χ4n) is 1.69. The second-order valence-corrected chi connectivity index (χ2v) is 4.30. The van der Waals surface area contributed by atoms with Crippen LogP contribution in [0.2, 0.25) is 0 Å². The smallest absolute Gasteiger partial charge is 0.291 e. The maximum Gasteiger partial charge on any atom is 0.291 e. The molecule has 0 radical (unpaired) electrons. The number of benzene rings is 1. The number of hydrogen-bond acceptors (Lipinski definition) is 3. The number of amides is 1. The minimum Gasteiger partial charge on any atom is -0.459 e. The Balaban J connectivity index is 2.17. The van der Waals surface area contributed by atoms with E-state index in [0.29, 0.717) is 11.4 Å². The van der Waals surface area contributed by atoms with Crippen LogP contribution in [0, 0.1) is 6.92 Å². The van der Waals surface area contributed by atoms with Gasteiger partial charge >= 0.3 is 0 Å². The Morgan fingerprint density at radius 3 is 2.78 bits per heavy atom. The number of nitrogens with one attached hydrogen (secondary N) is 1. The number of furan rings is 1. The fourth-order valence-corrected chi connectivity index (χ4v) is 1.69. The molecule has 2 rings (SSSR count). The van der Waals surface area contributed by atoms with Crippen molar-refractivity contribution in [2.45, 2.75) is 19.9 Å². The van der Waals surface area contributed by atoms with Crippen LogP contribution in [0.3, 0.4) is 0 Å². The average molecular weight is 244 g/mol. The largest absolute Gasteiger partial charge is 0.459 e. The van der Waals surface area contributed by atoms with Crippen LogP contribution in [-0.4, -0.2) is 5.91 Å². The number of hydrogen-bond donors (Lipinski definition) is 2. The van der Waals surface area contributed by atoms with Crippen molar-refractivity contribution in [1.29, 1.82) is 0 Å². The van der Waals surface area contributed by atoms with Gasteiger partial charge in [0.2, 0.25) is 0 Å². The highest BCUT2D eigenvalue weighted by molar-refractivity contribution is 6.03. The first-order chi connectivity index (χ1) is 8.58. The van der Waals surface area contributed by atoms with Crippen LogP contribution in [0.4, 0.5) is 5.69 Å². The van der Waals surface area contributed by atoms with Gasteiger partial charge < -0.3 is 15.5 Å². The molecule has 0 fully saturated rings. The monoisotopic (exact) mass is 244 g/mol. The Morgan fingerprint density at radius 1 is 1.39 bits per heavy atom. The first-order valence-corrected chi connectivity index (χ1v) is 5.79. The van der Waals surface area contributed by atoms with Gasteiger partial charge in [0.25, 0.3) is 5.91 Å².